The molecule has 4 nitrogen and oxygen atoms in total. The molecule has 0 N–H and O–H groups in total. The van der Waals surface area contributed by atoms with Gasteiger partial charge in [-0.2, -0.15) is 0 Å². The highest BCUT2D eigenvalue weighted by Crippen LogP contribution is 2.25. The normalized spacial score (nSPS) is 15.5. The van der Waals surface area contributed by atoms with Gasteiger partial charge in [0.1, 0.15) is 0 Å². The Hall–Kier alpha value is -0.720. The highest BCUT2D eigenvalue weighted by molar-refractivity contribution is 7.99. The summed E-state index contributed by atoms with van der Waals surface area (Å²) in [6, 6.07) is 3.88. The van der Waals surface area contributed by atoms with E-state index in [2.05, 4.69) is 0 Å². The van der Waals surface area contributed by atoms with Crippen molar-refractivity contribution in [2.24, 2.45) is 0 Å². The summed E-state index contributed by atoms with van der Waals surface area (Å²) in [4.78, 5) is 28.1. The van der Waals surface area contributed by atoms with Gasteiger partial charge in [-0.3, -0.25) is 9.59 Å². The van der Waals surface area contributed by atoms with Crippen molar-refractivity contribution >= 4 is 46.5 Å². The van der Waals surface area contributed by atoms with Gasteiger partial charge < -0.3 is 9.80 Å². The molecule has 0 saturated carbocycles. The number of carbonyl (C=O) groups is 2. The van der Waals surface area contributed by atoms with E-state index in [1.165, 1.54) is 4.88 Å². The summed E-state index contributed by atoms with van der Waals surface area (Å²) in [5.41, 5.74) is 0. The third-order valence-corrected chi connectivity index (χ3v) is 5.56. The SMILES string of the molecule is CC(=O)N1CCN(C(=O)CSCc2ccc(Cl)s2)CC1. The number of rotatable bonds is 4. The van der Waals surface area contributed by atoms with E-state index in [0.717, 1.165) is 10.1 Å². The average Bonchev–Trinajstić information content (AvgIpc) is 2.84. The summed E-state index contributed by atoms with van der Waals surface area (Å²) in [5.74, 6) is 1.54. The standard InChI is InChI=1S/C13H17ClN2O2S2/c1-10(17)15-4-6-16(7-5-15)13(18)9-19-8-11-2-3-12(14)20-11/h2-3H,4-9H2,1H3. The Bertz CT molecular complexity index is 484. The zero-order valence-corrected chi connectivity index (χ0v) is 13.7. The largest absolute Gasteiger partial charge is 0.339 e. The third-order valence-electron chi connectivity index (χ3n) is 3.18. The molecule has 1 aromatic heterocycles. The minimum atomic E-state index is 0.0843. The summed E-state index contributed by atoms with van der Waals surface area (Å²) in [5, 5.41) is 0. The molecule has 1 aliphatic heterocycles. The maximum atomic E-state index is 12.0. The van der Waals surface area contributed by atoms with E-state index in [9.17, 15) is 9.59 Å². The molecule has 7 heteroatoms. The molecule has 2 amide bonds. The van der Waals surface area contributed by atoms with Gasteiger partial charge in [-0.15, -0.1) is 23.1 Å². The number of halogens is 1. The van der Waals surface area contributed by atoms with Crippen molar-refractivity contribution < 1.29 is 9.59 Å². The minimum Gasteiger partial charge on any atom is -0.339 e. The van der Waals surface area contributed by atoms with Gasteiger partial charge in [0.15, 0.2) is 0 Å². The Kier molecular flexibility index (Phi) is 5.74. The molecule has 0 unspecified atom stereocenters. The number of thioether (sulfide) groups is 1. The van der Waals surface area contributed by atoms with Gasteiger partial charge in [-0.25, -0.2) is 0 Å². The maximum Gasteiger partial charge on any atom is 0.232 e. The first-order chi connectivity index (χ1) is 9.56. The number of carbonyl (C=O) groups excluding carboxylic acids is 2. The van der Waals surface area contributed by atoms with Gasteiger partial charge in [-0.1, -0.05) is 11.6 Å². The Morgan fingerprint density at radius 3 is 2.45 bits per heavy atom. The molecule has 1 aliphatic rings. The van der Waals surface area contributed by atoms with Crippen LogP contribution < -0.4 is 0 Å². The Labute approximate surface area is 132 Å². The van der Waals surface area contributed by atoms with Crippen molar-refractivity contribution in [3.05, 3.63) is 21.3 Å². The molecule has 0 spiro atoms. The van der Waals surface area contributed by atoms with Crippen LogP contribution in [0.1, 0.15) is 11.8 Å². The third kappa shape index (κ3) is 4.40. The van der Waals surface area contributed by atoms with Crippen LogP contribution in [0.2, 0.25) is 4.34 Å². The van der Waals surface area contributed by atoms with Crippen molar-refractivity contribution in [1.29, 1.82) is 0 Å². The predicted molar refractivity (Wildman–Crippen MR) is 84.3 cm³/mol. The van der Waals surface area contributed by atoms with Gasteiger partial charge in [0.25, 0.3) is 0 Å². The number of nitrogens with zero attached hydrogens (tertiary/aromatic N) is 2. The van der Waals surface area contributed by atoms with Crippen LogP contribution in [-0.4, -0.2) is 53.5 Å². The molecule has 1 fully saturated rings. The first-order valence-corrected chi connectivity index (χ1v) is 8.76. The Morgan fingerprint density at radius 2 is 1.90 bits per heavy atom. The van der Waals surface area contributed by atoms with Crippen LogP contribution in [-0.2, 0) is 15.3 Å². The maximum absolute atomic E-state index is 12.0. The predicted octanol–water partition coefficient (Wildman–Crippen LogP) is 2.33. The van der Waals surface area contributed by atoms with E-state index in [4.69, 9.17) is 11.6 Å². The number of hydrogen-bond donors (Lipinski definition) is 0. The molecule has 110 valence electrons. The van der Waals surface area contributed by atoms with E-state index in [-0.39, 0.29) is 11.8 Å². The van der Waals surface area contributed by atoms with Gasteiger partial charge >= 0.3 is 0 Å². The summed E-state index contributed by atoms with van der Waals surface area (Å²) in [6.07, 6.45) is 0. The zero-order chi connectivity index (χ0) is 14.5. The fraction of sp³-hybridized carbons (Fsp3) is 0.538. The van der Waals surface area contributed by atoms with Crippen LogP contribution in [0.15, 0.2) is 12.1 Å². The van der Waals surface area contributed by atoms with Gasteiger partial charge in [0.05, 0.1) is 10.1 Å². The lowest BCUT2D eigenvalue weighted by atomic mass is 10.3. The smallest absolute Gasteiger partial charge is 0.232 e. The number of hydrogen-bond acceptors (Lipinski definition) is 4. The molecule has 0 aromatic carbocycles. The van der Waals surface area contributed by atoms with Crippen molar-refractivity contribution in [3.8, 4) is 0 Å². The molecule has 1 aromatic rings. The summed E-state index contributed by atoms with van der Waals surface area (Å²) < 4.78 is 0.785. The Balaban J connectivity index is 1.69. The molecular weight excluding hydrogens is 316 g/mol. The fourth-order valence-electron chi connectivity index (χ4n) is 2.03. The lowest BCUT2D eigenvalue weighted by Crippen LogP contribution is -2.50. The molecule has 0 radical (unpaired) electrons. The van der Waals surface area contributed by atoms with E-state index in [1.54, 1.807) is 34.9 Å². The van der Waals surface area contributed by atoms with Gasteiger partial charge in [-0.05, 0) is 12.1 Å². The molecule has 2 heterocycles. The van der Waals surface area contributed by atoms with E-state index >= 15 is 0 Å². The minimum absolute atomic E-state index is 0.0843. The van der Waals surface area contributed by atoms with E-state index in [0.29, 0.717) is 31.9 Å². The van der Waals surface area contributed by atoms with Crippen molar-refractivity contribution in [1.82, 2.24) is 9.80 Å². The monoisotopic (exact) mass is 332 g/mol. The second-order valence-electron chi connectivity index (χ2n) is 4.59. The molecular formula is C13H17ClN2O2S2. The molecule has 0 bridgehead atoms. The van der Waals surface area contributed by atoms with Crippen LogP contribution in [0.4, 0.5) is 0 Å². The summed E-state index contributed by atoms with van der Waals surface area (Å²) in [7, 11) is 0. The van der Waals surface area contributed by atoms with E-state index in [1.807, 2.05) is 17.0 Å². The summed E-state index contributed by atoms with van der Waals surface area (Å²) in [6.45, 7) is 4.14. The lowest BCUT2D eigenvalue weighted by molar-refractivity contribution is -0.136. The van der Waals surface area contributed by atoms with Gasteiger partial charge in [0, 0.05) is 43.7 Å². The highest BCUT2D eigenvalue weighted by Gasteiger charge is 2.21. The first-order valence-electron chi connectivity index (χ1n) is 6.41. The van der Waals surface area contributed by atoms with Crippen LogP contribution >= 0.6 is 34.7 Å². The molecule has 2 rings (SSSR count). The topological polar surface area (TPSA) is 40.6 Å². The second-order valence-corrected chi connectivity index (χ2v) is 7.37. The van der Waals surface area contributed by atoms with Crippen LogP contribution in [0.25, 0.3) is 0 Å². The van der Waals surface area contributed by atoms with Crippen LogP contribution in [0.3, 0.4) is 0 Å². The van der Waals surface area contributed by atoms with Crippen molar-refractivity contribution in [2.75, 3.05) is 31.9 Å². The second kappa shape index (κ2) is 7.33. The number of piperazine rings is 1. The van der Waals surface area contributed by atoms with Crippen LogP contribution in [0.5, 0.6) is 0 Å². The number of amides is 2. The molecule has 1 saturated heterocycles. The fourth-order valence-corrected chi connectivity index (χ4v) is 4.16. The van der Waals surface area contributed by atoms with Gasteiger partial charge in [0.2, 0.25) is 11.8 Å². The summed E-state index contributed by atoms with van der Waals surface area (Å²) >= 11 is 9.03. The quantitative estimate of drug-likeness (QED) is 0.849. The Morgan fingerprint density at radius 1 is 1.25 bits per heavy atom. The van der Waals surface area contributed by atoms with Crippen LogP contribution in [0, 0.1) is 0 Å². The zero-order valence-electron chi connectivity index (χ0n) is 11.3. The molecule has 0 aliphatic carbocycles. The van der Waals surface area contributed by atoms with E-state index < -0.39 is 0 Å². The molecule has 0 atom stereocenters. The first kappa shape index (κ1) is 15.7. The lowest BCUT2D eigenvalue weighted by Gasteiger charge is -2.34. The molecule has 20 heavy (non-hydrogen) atoms. The number of thiophene rings is 1. The highest BCUT2D eigenvalue weighted by atomic mass is 35.5. The van der Waals surface area contributed by atoms with Crippen molar-refractivity contribution in [2.45, 2.75) is 12.7 Å². The van der Waals surface area contributed by atoms with Crippen molar-refractivity contribution in [3.63, 3.8) is 0 Å². The average molecular weight is 333 g/mol.